The standard InChI is InChI=1S/C30H27BrN2O3S/c1-17-11-13-18(14-12-17)32-27(34)23(15-16-37-2)33-28(35)25-24-19-7-3-5-9-21(19)30(31,26(25)29(33)36)22-10-6-4-8-20(22)24/h3-14,23-26H,15-16H2,1-2H3,(H,32,34)/t23-,24?,25+,26-,30?/m0/s1. The average molecular weight is 576 g/mol. The first-order valence-electron chi connectivity index (χ1n) is 12.5. The molecule has 1 fully saturated rings. The van der Waals surface area contributed by atoms with Crippen molar-refractivity contribution in [3.63, 3.8) is 0 Å². The van der Waals surface area contributed by atoms with Gasteiger partial charge in [0.05, 0.1) is 16.2 Å². The van der Waals surface area contributed by atoms with Crippen molar-refractivity contribution in [2.75, 3.05) is 17.3 Å². The highest BCUT2D eigenvalue weighted by Gasteiger charge is 2.68. The minimum absolute atomic E-state index is 0.223. The number of amides is 3. The molecule has 1 N–H and O–H groups in total. The van der Waals surface area contributed by atoms with Crippen LogP contribution in [0.3, 0.4) is 0 Å². The second kappa shape index (κ2) is 9.14. The highest BCUT2D eigenvalue weighted by Crippen LogP contribution is 2.66. The second-order valence-corrected chi connectivity index (χ2v) is 12.3. The fraction of sp³-hybridized carbons (Fsp3) is 0.300. The van der Waals surface area contributed by atoms with Gasteiger partial charge < -0.3 is 5.32 Å². The van der Waals surface area contributed by atoms with Gasteiger partial charge in [-0.05, 0) is 59.7 Å². The summed E-state index contributed by atoms with van der Waals surface area (Å²) in [7, 11) is 0. The smallest absolute Gasteiger partial charge is 0.247 e. The van der Waals surface area contributed by atoms with Crippen molar-refractivity contribution in [2.45, 2.75) is 29.6 Å². The molecule has 37 heavy (non-hydrogen) atoms. The molecular formula is C30H27BrN2O3S. The van der Waals surface area contributed by atoms with E-state index >= 15 is 0 Å². The number of anilines is 1. The number of thioether (sulfide) groups is 1. The molecule has 7 rings (SSSR count). The van der Waals surface area contributed by atoms with Crippen molar-refractivity contribution in [1.82, 2.24) is 4.90 Å². The molecule has 4 aliphatic rings. The molecule has 5 nitrogen and oxygen atoms in total. The van der Waals surface area contributed by atoms with Crippen molar-refractivity contribution >= 4 is 51.1 Å². The zero-order valence-electron chi connectivity index (χ0n) is 20.6. The Kier molecular flexibility index (Phi) is 6.03. The minimum Gasteiger partial charge on any atom is -0.324 e. The van der Waals surface area contributed by atoms with E-state index in [1.165, 1.54) is 4.90 Å². The molecule has 0 spiro atoms. The number of rotatable bonds is 6. The molecule has 188 valence electrons. The van der Waals surface area contributed by atoms with Gasteiger partial charge in [0.1, 0.15) is 6.04 Å². The maximum absolute atomic E-state index is 14.3. The number of alkyl halides is 1. The summed E-state index contributed by atoms with van der Waals surface area (Å²) in [5, 5.41) is 2.95. The number of carbonyl (C=O) groups is 3. The molecule has 0 radical (unpaired) electrons. The van der Waals surface area contributed by atoms with E-state index in [1.54, 1.807) is 11.8 Å². The Hall–Kier alpha value is -2.90. The van der Waals surface area contributed by atoms with Crippen LogP contribution in [0.15, 0.2) is 72.8 Å². The van der Waals surface area contributed by atoms with Gasteiger partial charge in [-0.3, -0.25) is 19.3 Å². The number of halogens is 1. The van der Waals surface area contributed by atoms with Gasteiger partial charge in [0, 0.05) is 11.6 Å². The van der Waals surface area contributed by atoms with E-state index in [-0.39, 0.29) is 23.6 Å². The Balaban J connectivity index is 1.43. The van der Waals surface area contributed by atoms with Gasteiger partial charge in [0.25, 0.3) is 0 Å². The normalized spacial score (nSPS) is 25.9. The van der Waals surface area contributed by atoms with Crippen molar-refractivity contribution < 1.29 is 14.4 Å². The number of hydrogen-bond acceptors (Lipinski definition) is 4. The minimum atomic E-state index is -0.874. The number of carbonyl (C=O) groups excluding carboxylic acids is 3. The predicted octanol–water partition coefficient (Wildman–Crippen LogP) is 5.45. The van der Waals surface area contributed by atoms with Crippen LogP contribution in [0.1, 0.15) is 40.2 Å². The van der Waals surface area contributed by atoms with E-state index in [0.29, 0.717) is 17.9 Å². The molecule has 0 saturated carbocycles. The zero-order valence-corrected chi connectivity index (χ0v) is 23.0. The number of imide groups is 1. The lowest BCUT2D eigenvalue weighted by Gasteiger charge is -2.51. The largest absolute Gasteiger partial charge is 0.324 e. The third-order valence-corrected chi connectivity index (χ3v) is 10.1. The van der Waals surface area contributed by atoms with Crippen LogP contribution in [0.4, 0.5) is 5.69 Å². The summed E-state index contributed by atoms with van der Waals surface area (Å²) >= 11 is 5.62. The Morgan fingerprint density at radius 3 is 2.16 bits per heavy atom. The monoisotopic (exact) mass is 574 g/mol. The lowest BCUT2D eigenvalue weighted by molar-refractivity contribution is -0.146. The Labute approximate surface area is 229 Å². The van der Waals surface area contributed by atoms with Crippen LogP contribution in [0.5, 0.6) is 0 Å². The van der Waals surface area contributed by atoms with Gasteiger partial charge in [0.2, 0.25) is 17.7 Å². The van der Waals surface area contributed by atoms with Gasteiger partial charge >= 0.3 is 0 Å². The predicted molar refractivity (Wildman–Crippen MR) is 150 cm³/mol. The molecule has 1 saturated heterocycles. The number of nitrogens with one attached hydrogen (secondary N) is 1. The van der Waals surface area contributed by atoms with Crippen molar-refractivity contribution in [3.05, 3.63) is 101 Å². The molecule has 3 aromatic rings. The van der Waals surface area contributed by atoms with Gasteiger partial charge in [-0.15, -0.1) is 0 Å². The summed E-state index contributed by atoms with van der Waals surface area (Å²) in [5.74, 6) is -1.59. The van der Waals surface area contributed by atoms with E-state index in [1.807, 2.05) is 61.7 Å². The van der Waals surface area contributed by atoms with Gasteiger partial charge in [0.15, 0.2) is 0 Å². The molecule has 0 aromatic heterocycles. The number of benzene rings is 3. The molecule has 3 atom stereocenters. The first-order valence-corrected chi connectivity index (χ1v) is 14.7. The van der Waals surface area contributed by atoms with Crippen molar-refractivity contribution in [3.8, 4) is 0 Å². The van der Waals surface area contributed by atoms with E-state index in [9.17, 15) is 14.4 Å². The highest BCUT2D eigenvalue weighted by atomic mass is 79.9. The van der Waals surface area contributed by atoms with Crippen LogP contribution in [-0.4, -0.2) is 40.7 Å². The molecule has 3 amide bonds. The lowest BCUT2D eigenvalue weighted by atomic mass is 9.55. The van der Waals surface area contributed by atoms with Crippen LogP contribution in [0.2, 0.25) is 0 Å². The Morgan fingerprint density at radius 2 is 1.57 bits per heavy atom. The molecule has 3 aliphatic carbocycles. The van der Waals surface area contributed by atoms with Crippen LogP contribution in [0, 0.1) is 18.8 Å². The zero-order chi connectivity index (χ0) is 25.9. The number of likely N-dealkylation sites (tertiary alicyclic amines) is 1. The van der Waals surface area contributed by atoms with Crippen molar-refractivity contribution in [1.29, 1.82) is 0 Å². The highest BCUT2D eigenvalue weighted by molar-refractivity contribution is 9.09. The summed E-state index contributed by atoms with van der Waals surface area (Å²) in [6, 6.07) is 22.8. The van der Waals surface area contributed by atoms with Crippen LogP contribution in [-0.2, 0) is 18.7 Å². The number of hydrogen-bond donors (Lipinski definition) is 1. The lowest BCUT2D eigenvalue weighted by Crippen LogP contribution is -2.50. The van der Waals surface area contributed by atoms with E-state index in [4.69, 9.17) is 0 Å². The van der Waals surface area contributed by atoms with E-state index in [0.717, 1.165) is 27.8 Å². The van der Waals surface area contributed by atoms with Gasteiger partial charge in [-0.2, -0.15) is 11.8 Å². The molecular weight excluding hydrogens is 548 g/mol. The van der Waals surface area contributed by atoms with Crippen LogP contribution < -0.4 is 5.32 Å². The Morgan fingerprint density at radius 1 is 0.973 bits per heavy atom. The molecule has 0 unspecified atom stereocenters. The van der Waals surface area contributed by atoms with Crippen LogP contribution in [0.25, 0.3) is 0 Å². The average Bonchev–Trinajstić information content (AvgIpc) is 3.17. The molecule has 2 bridgehead atoms. The summed E-state index contributed by atoms with van der Waals surface area (Å²) in [4.78, 5) is 43.4. The van der Waals surface area contributed by atoms with Gasteiger partial charge in [-0.25, -0.2) is 0 Å². The Bertz CT molecular complexity index is 1370. The van der Waals surface area contributed by atoms with Crippen LogP contribution >= 0.6 is 27.7 Å². The maximum Gasteiger partial charge on any atom is 0.247 e. The topological polar surface area (TPSA) is 66.5 Å². The van der Waals surface area contributed by atoms with Crippen molar-refractivity contribution in [2.24, 2.45) is 11.8 Å². The first-order chi connectivity index (χ1) is 17.9. The molecule has 7 heteroatoms. The number of nitrogens with zero attached hydrogens (tertiary/aromatic N) is 1. The second-order valence-electron chi connectivity index (χ2n) is 10.1. The summed E-state index contributed by atoms with van der Waals surface area (Å²) < 4.78 is -0.821. The first kappa shape index (κ1) is 24.4. The van der Waals surface area contributed by atoms with Gasteiger partial charge in [-0.1, -0.05) is 82.2 Å². The summed E-state index contributed by atoms with van der Waals surface area (Å²) in [6.07, 6.45) is 2.36. The third-order valence-electron chi connectivity index (χ3n) is 8.08. The molecule has 1 heterocycles. The quantitative estimate of drug-likeness (QED) is 0.314. The SMILES string of the molecule is CSCC[C@@H](C(=O)Nc1ccc(C)cc1)N1C(=O)[C@@H]2C3c4ccccc4C(Br)(c4ccccc43)[C@@H]2C1=O. The number of aryl methyl sites for hydroxylation is 1. The van der Waals surface area contributed by atoms with E-state index in [2.05, 4.69) is 45.5 Å². The third kappa shape index (κ3) is 3.54. The summed E-state index contributed by atoms with van der Waals surface area (Å²) in [5.41, 5.74) is 5.96. The molecule has 1 aliphatic heterocycles. The maximum atomic E-state index is 14.3. The van der Waals surface area contributed by atoms with E-state index < -0.39 is 22.2 Å². The fourth-order valence-electron chi connectivity index (χ4n) is 6.48. The fourth-order valence-corrected chi connectivity index (χ4v) is 8.14. The molecule has 3 aromatic carbocycles. The summed E-state index contributed by atoms with van der Waals surface area (Å²) in [6.45, 7) is 1.98.